The minimum absolute atomic E-state index is 0.544. The summed E-state index contributed by atoms with van der Waals surface area (Å²) in [7, 11) is 4.29. The molecule has 1 atom stereocenters. The monoisotopic (exact) mass is 317 g/mol. The summed E-state index contributed by atoms with van der Waals surface area (Å²) in [6.45, 7) is 7.88. The average molecular weight is 317 g/mol. The molecule has 0 saturated carbocycles. The highest BCUT2D eigenvalue weighted by Crippen LogP contribution is 2.27. The van der Waals surface area contributed by atoms with Gasteiger partial charge in [0.1, 0.15) is 12.3 Å². The third-order valence-corrected chi connectivity index (χ3v) is 4.93. The van der Waals surface area contributed by atoms with Crippen molar-refractivity contribution in [2.45, 2.75) is 26.3 Å². The number of nitrogen functional groups attached to an aromatic ring is 1. The highest BCUT2D eigenvalue weighted by molar-refractivity contribution is 5.75. The van der Waals surface area contributed by atoms with Crippen LogP contribution >= 0.6 is 0 Å². The molecule has 0 bridgehead atoms. The molecule has 1 fully saturated rings. The second kappa shape index (κ2) is 6.37. The van der Waals surface area contributed by atoms with Crippen molar-refractivity contribution in [3.05, 3.63) is 23.4 Å². The Morgan fingerprint density at radius 2 is 2.13 bits per heavy atom. The van der Waals surface area contributed by atoms with Gasteiger partial charge in [0.2, 0.25) is 0 Å². The zero-order valence-corrected chi connectivity index (χ0v) is 14.5. The van der Waals surface area contributed by atoms with E-state index in [2.05, 4.69) is 42.0 Å². The lowest BCUT2D eigenvalue weighted by Gasteiger charge is -2.20. The molecular weight excluding hydrogens is 290 g/mol. The summed E-state index contributed by atoms with van der Waals surface area (Å²) in [5.41, 5.74) is 10.0. The molecule has 2 aromatic heterocycles. The van der Waals surface area contributed by atoms with Crippen LogP contribution in [-0.2, 0) is 0 Å². The van der Waals surface area contributed by atoms with Gasteiger partial charge in [0.15, 0.2) is 0 Å². The Balaban J connectivity index is 1.62. The lowest BCUT2D eigenvalue weighted by molar-refractivity contribution is 0.217. The molecule has 1 saturated heterocycles. The van der Waals surface area contributed by atoms with E-state index in [1.54, 1.807) is 0 Å². The molecule has 0 aromatic carbocycles. The fourth-order valence-electron chi connectivity index (χ4n) is 3.14. The first-order valence-corrected chi connectivity index (χ1v) is 8.23. The maximum atomic E-state index is 6.19. The van der Waals surface area contributed by atoms with Crippen molar-refractivity contribution >= 4 is 11.2 Å². The Labute approximate surface area is 137 Å². The van der Waals surface area contributed by atoms with E-state index in [-0.39, 0.29) is 0 Å². The number of aryl methyl sites for hydroxylation is 2. The van der Waals surface area contributed by atoms with E-state index in [1.807, 2.05) is 17.5 Å². The largest absolute Gasteiger partial charge is 0.474 e. The highest BCUT2D eigenvalue weighted by atomic mass is 16.5. The molecule has 6 heteroatoms. The van der Waals surface area contributed by atoms with E-state index in [0.717, 1.165) is 30.8 Å². The molecule has 6 nitrogen and oxygen atoms in total. The first kappa shape index (κ1) is 16.1. The van der Waals surface area contributed by atoms with Gasteiger partial charge in [-0.1, -0.05) is 6.07 Å². The van der Waals surface area contributed by atoms with E-state index in [9.17, 15) is 0 Å². The zero-order valence-electron chi connectivity index (χ0n) is 14.5. The summed E-state index contributed by atoms with van der Waals surface area (Å²) in [6, 6.07) is 4.72. The van der Waals surface area contributed by atoms with Crippen molar-refractivity contribution in [1.82, 2.24) is 19.4 Å². The van der Waals surface area contributed by atoms with Crippen LogP contribution in [0.25, 0.3) is 5.52 Å². The molecule has 2 aromatic rings. The van der Waals surface area contributed by atoms with Crippen molar-refractivity contribution in [3.8, 4) is 5.88 Å². The molecule has 3 rings (SSSR count). The zero-order chi connectivity index (χ0) is 16.6. The normalized spacial score (nSPS) is 19.1. The van der Waals surface area contributed by atoms with Gasteiger partial charge in [-0.3, -0.25) is 4.90 Å². The average Bonchev–Trinajstić information content (AvgIpc) is 3.10. The Morgan fingerprint density at radius 3 is 2.83 bits per heavy atom. The van der Waals surface area contributed by atoms with E-state index in [0.29, 0.717) is 24.2 Å². The van der Waals surface area contributed by atoms with Crippen LogP contribution in [0.3, 0.4) is 0 Å². The van der Waals surface area contributed by atoms with Crippen molar-refractivity contribution in [2.75, 3.05) is 46.1 Å². The third kappa shape index (κ3) is 3.14. The molecule has 0 radical (unpaired) electrons. The summed E-state index contributed by atoms with van der Waals surface area (Å²) in [4.78, 5) is 4.73. The number of hydrogen-bond acceptors (Lipinski definition) is 5. The number of nitrogens with zero attached hydrogens (tertiary/aromatic N) is 4. The minimum Gasteiger partial charge on any atom is -0.474 e. The second-order valence-electron chi connectivity index (χ2n) is 6.67. The fourth-order valence-corrected chi connectivity index (χ4v) is 3.14. The predicted octanol–water partition coefficient (Wildman–Crippen LogP) is 1.55. The van der Waals surface area contributed by atoms with Crippen LogP contribution in [0.5, 0.6) is 5.88 Å². The van der Waals surface area contributed by atoms with Gasteiger partial charge in [-0.25, -0.2) is 4.52 Å². The minimum atomic E-state index is 0.544. The Morgan fingerprint density at radius 1 is 1.35 bits per heavy atom. The summed E-state index contributed by atoms with van der Waals surface area (Å²) in [5, 5.41) is 4.52. The molecule has 126 valence electrons. The van der Waals surface area contributed by atoms with Crippen LogP contribution in [0, 0.1) is 13.8 Å². The summed E-state index contributed by atoms with van der Waals surface area (Å²) < 4.78 is 7.74. The van der Waals surface area contributed by atoms with Crippen LogP contribution in [0.2, 0.25) is 0 Å². The van der Waals surface area contributed by atoms with Crippen LogP contribution < -0.4 is 10.5 Å². The number of rotatable bonds is 5. The van der Waals surface area contributed by atoms with Crippen LogP contribution in [0.15, 0.2) is 12.1 Å². The molecule has 2 N–H and O–H groups in total. The summed E-state index contributed by atoms with van der Waals surface area (Å²) >= 11 is 0. The number of likely N-dealkylation sites (tertiary alicyclic amines) is 1. The smallest absolute Gasteiger partial charge is 0.257 e. The number of nitrogens with two attached hydrogens (primary N) is 1. The predicted molar refractivity (Wildman–Crippen MR) is 93.1 cm³/mol. The van der Waals surface area contributed by atoms with Crippen LogP contribution in [0.1, 0.15) is 17.7 Å². The molecule has 0 amide bonds. The summed E-state index contributed by atoms with van der Waals surface area (Å²) in [5.74, 6) is 0.544. The maximum Gasteiger partial charge on any atom is 0.257 e. The summed E-state index contributed by atoms with van der Waals surface area (Å²) in [6.07, 6.45) is 1.22. The van der Waals surface area contributed by atoms with E-state index < -0.39 is 0 Å². The highest BCUT2D eigenvalue weighted by Gasteiger charge is 2.23. The van der Waals surface area contributed by atoms with Crippen molar-refractivity contribution in [1.29, 1.82) is 0 Å². The number of fused-ring (bicyclic) bond motifs is 1. The lowest BCUT2D eigenvalue weighted by atomic mass is 10.2. The number of likely N-dealkylation sites (N-methyl/N-ethyl adjacent to an activating group) is 1. The van der Waals surface area contributed by atoms with Gasteiger partial charge in [-0.15, -0.1) is 5.10 Å². The number of hydrogen-bond donors (Lipinski definition) is 1. The SMILES string of the molecule is Cc1ccc2c(N)c(OCCN3CCC(N(C)C)C3)nn2c1C. The molecular formula is C17H27N5O. The third-order valence-electron chi connectivity index (χ3n) is 4.93. The van der Waals surface area contributed by atoms with E-state index in [4.69, 9.17) is 10.5 Å². The van der Waals surface area contributed by atoms with Crippen molar-refractivity contribution in [2.24, 2.45) is 0 Å². The molecule has 0 spiro atoms. The molecule has 3 heterocycles. The van der Waals surface area contributed by atoms with Gasteiger partial charge in [0.05, 0.1) is 5.52 Å². The topological polar surface area (TPSA) is 59.0 Å². The second-order valence-corrected chi connectivity index (χ2v) is 6.67. The Bertz CT molecular complexity index is 694. The van der Waals surface area contributed by atoms with Gasteiger partial charge in [0, 0.05) is 24.8 Å². The van der Waals surface area contributed by atoms with Crippen molar-refractivity contribution in [3.63, 3.8) is 0 Å². The number of anilines is 1. The fraction of sp³-hybridized carbons (Fsp3) is 0.588. The molecule has 1 aliphatic heterocycles. The Hall–Kier alpha value is -1.79. The Kier molecular flexibility index (Phi) is 4.46. The first-order valence-electron chi connectivity index (χ1n) is 8.23. The van der Waals surface area contributed by atoms with Gasteiger partial charge >= 0.3 is 0 Å². The quantitative estimate of drug-likeness (QED) is 0.907. The molecule has 1 aliphatic rings. The molecule has 0 aliphatic carbocycles. The first-order chi connectivity index (χ1) is 11.0. The van der Waals surface area contributed by atoms with Crippen LogP contribution in [0.4, 0.5) is 5.69 Å². The van der Waals surface area contributed by atoms with E-state index >= 15 is 0 Å². The standard InChI is InChI=1S/C17H27N5O/c1-12-5-6-15-16(18)17(19-22(15)13(12)2)23-10-9-21-8-7-14(11-21)20(3)4/h5-6,14H,7-11,18H2,1-4H3. The van der Waals surface area contributed by atoms with Gasteiger partial charge < -0.3 is 15.4 Å². The number of ether oxygens (including phenoxy) is 1. The number of aromatic nitrogens is 2. The van der Waals surface area contributed by atoms with Crippen molar-refractivity contribution < 1.29 is 4.74 Å². The maximum absolute atomic E-state index is 6.19. The van der Waals surface area contributed by atoms with Gasteiger partial charge in [-0.05, 0) is 52.5 Å². The lowest BCUT2D eigenvalue weighted by Crippen LogP contribution is -2.33. The molecule has 23 heavy (non-hydrogen) atoms. The van der Waals surface area contributed by atoms with Gasteiger partial charge in [0.25, 0.3) is 5.88 Å². The number of pyridine rings is 1. The van der Waals surface area contributed by atoms with Gasteiger partial charge in [-0.2, -0.15) is 0 Å². The molecule has 1 unspecified atom stereocenters. The van der Waals surface area contributed by atoms with E-state index in [1.165, 1.54) is 12.0 Å². The van der Waals surface area contributed by atoms with Crippen LogP contribution in [-0.4, -0.2) is 65.8 Å².